The molecule has 2 aliphatic rings. The zero-order valence-corrected chi connectivity index (χ0v) is 7.08. The molecule has 0 amide bonds. The normalized spacial score (nSPS) is 31.8. The molecule has 1 N–H and O–H groups in total. The van der Waals surface area contributed by atoms with Gasteiger partial charge in [-0.25, -0.2) is 0 Å². The van der Waals surface area contributed by atoms with Crippen LogP contribution in [0, 0.1) is 5.41 Å². The Hall–Kier alpha value is -0.570. The zero-order chi connectivity index (χ0) is 8.60. The van der Waals surface area contributed by atoms with Crippen LogP contribution in [0.15, 0.2) is 0 Å². The fraction of sp³-hybridized carbons (Fsp3) is 0.889. The summed E-state index contributed by atoms with van der Waals surface area (Å²) in [5.74, 6) is -0.615. The molecule has 0 aromatic rings. The van der Waals surface area contributed by atoms with Gasteiger partial charge in [0.1, 0.15) is 0 Å². The van der Waals surface area contributed by atoms with Gasteiger partial charge in [0.2, 0.25) is 0 Å². The third-order valence-corrected chi connectivity index (χ3v) is 3.04. The van der Waals surface area contributed by atoms with Crippen LogP contribution in [0.4, 0.5) is 0 Å². The van der Waals surface area contributed by atoms with Gasteiger partial charge in [-0.2, -0.15) is 0 Å². The molecule has 0 unspecified atom stereocenters. The van der Waals surface area contributed by atoms with Crippen LogP contribution in [-0.2, 0) is 9.53 Å². The molecule has 1 atom stereocenters. The summed E-state index contributed by atoms with van der Waals surface area (Å²) in [5, 5.41) is 9.08. The first-order chi connectivity index (χ1) is 5.73. The first-order valence-corrected chi connectivity index (χ1v) is 4.58. The zero-order valence-electron chi connectivity index (χ0n) is 7.08. The summed E-state index contributed by atoms with van der Waals surface area (Å²) in [6.07, 6.45) is 4.82. The Morgan fingerprint density at radius 1 is 1.50 bits per heavy atom. The number of carboxylic acids is 1. The van der Waals surface area contributed by atoms with Gasteiger partial charge in [-0.3, -0.25) is 4.79 Å². The maximum absolute atomic E-state index is 11.0. The summed E-state index contributed by atoms with van der Waals surface area (Å²) in [4.78, 5) is 11.0. The summed E-state index contributed by atoms with van der Waals surface area (Å²) in [7, 11) is 0. The lowest BCUT2D eigenvalue weighted by molar-refractivity contribution is -0.149. The summed E-state index contributed by atoms with van der Waals surface area (Å²) in [5.41, 5.74) is -0.429. The van der Waals surface area contributed by atoms with Gasteiger partial charge in [0.05, 0.1) is 18.1 Å². The lowest BCUT2D eigenvalue weighted by atomic mass is 9.82. The monoisotopic (exact) mass is 170 g/mol. The topological polar surface area (TPSA) is 49.8 Å². The molecule has 1 aliphatic carbocycles. The minimum Gasteiger partial charge on any atom is -0.481 e. The Balaban J connectivity index is 2.03. The summed E-state index contributed by atoms with van der Waals surface area (Å²) >= 11 is 0. The van der Waals surface area contributed by atoms with Gasteiger partial charge in [0.25, 0.3) is 0 Å². The van der Waals surface area contributed by atoms with Crippen LogP contribution in [0.2, 0.25) is 0 Å². The minimum atomic E-state index is -0.615. The molecule has 0 aromatic carbocycles. The number of rotatable bonds is 3. The number of carboxylic acid groups (broad SMARTS) is 1. The Morgan fingerprint density at radius 2 is 2.08 bits per heavy atom. The Bertz CT molecular complexity index is 190. The van der Waals surface area contributed by atoms with Gasteiger partial charge in [-0.15, -0.1) is 0 Å². The molecule has 0 spiro atoms. The largest absolute Gasteiger partial charge is 0.481 e. The Kier molecular flexibility index (Phi) is 1.83. The molecule has 1 saturated heterocycles. The Labute approximate surface area is 71.7 Å². The lowest BCUT2D eigenvalue weighted by Crippen LogP contribution is -2.29. The van der Waals surface area contributed by atoms with Crippen molar-refractivity contribution in [2.24, 2.45) is 5.41 Å². The second-order valence-electron chi connectivity index (χ2n) is 3.95. The minimum absolute atomic E-state index is 0.249. The second kappa shape index (κ2) is 2.73. The van der Waals surface area contributed by atoms with Crippen LogP contribution in [0.3, 0.4) is 0 Å². The quantitative estimate of drug-likeness (QED) is 0.652. The van der Waals surface area contributed by atoms with Crippen molar-refractivity contribution >= 4 is 5.97 Å². The van der Waals surface area contributed by atoms with Gasteiger partial charge in [0.15, 0.2) is 0 Å². The molecule has 2 rings (SSSR count). The second-order valence-corrected chi connectivity index (χ2v) is 3.95. The standard InChI is InChI=1S/C9H14O3/c10-8(11)9(3-1-2-4-9)5-7-6-12-7/h7H,1-6H2,(H,10,11)/t7-/m0/s1. The molecule has 3 heteroatoms. The average Bonchev–Trinajstić information content (AvgIpc) is 2.66. The van der Waals surface area contributed by atoms with E-state index in [0.717, 1.165) is 38.7 Å². The highest BCUT2D eigenvalue weighted by Crippen LogP contribution is 2.44. The van der Waals surface area contributed by atoms with Crippen molar-refractivity contribution in [1.29, 1.82) is 0 Å². The van der Waals surface area contributed by atoms with E-state index in [2.05, 4.69) is 0 Å². The molecule has 0 aromatic heterocycles. The molecular formula is C9H14O3. The van der Waals surface area contributed by atoms with Crippen molar-refractivity contribution in [2.75, 3.05) is 6.61 Å². The van der Waals surface area contributed by atoms with Gasteiger partial charge in [0, 0.05) is 0 Å². The van der Waals surface area contributed by atoms with E-state index in [1.54, 1.807) is 0 Å². The van der Waals surface area contributed by atoms with E-state index in [1.165, 1.54) is 0 Å². The summed E-state index contributed by atoms with van der Waals surface area (Å²) in [6, 6.07) is 0. The van der Waals surface area contributed by atoms with E-state index in [4.69, 9.17) is 9.84 Å². The molecule has 0 radical (unpaired) electrons. The highest BCUT2D eigenvalue weighted by atomic mass is 16.6. The number of carbonyl (C=O) groups is 1. The van der Waals surface area contributed by atoms with Crippen molar-refractivity contribution in [3.05, 3.63) is 0 Å². The van der Waals surface area contributed by atoms with Crippen LogP contribution in [0.25, 0.3) is 0 Å². The van der Waals surface area contributed by atoms with Crippen LogP contribution < -0.4 is 0 Å². The summed E-state index contributed by atoms with van der Waals surface area (Å²) < 4.78 is 5.08. The van der Waals surface area contributed by atoms with Crippen LogP contribution in [0.1, 0.15) is 32.1 Å². The van der Waals surface area contributed by atoms with E-state index in [0.29, 0.717) is 0 Å². The predicted octanol–water partition coefficient (Wildman–Crippen LogP) is 1.42. The van der Waals surface area contributed by atoms with Crippen molar-refractivity contribution < 1.29 is 14.6 Å². The van der Waals surface area contributed by atoms with E-state index in [-0.39, 0.29) is 6.10 Å². The van der Waals surface area contributed by atoms with Gasteiger partial charge >= 0.3 is 5.97 Å². The predicted molar refractivity (Wildman–Crippen MR) is 42.9 cm³/mol. The SMILES string of the molecule is O=C(O)C1(C[C@H]2CO2)CCCC1. The number of ether oxygens (including phenoxy) is 1. The molecule has 1 saturated carbocycles. The number of aliphatic carboxylic acids is 1. The van der Waals surface area contributed by atoms with Crippen molar-refractivity contribution in [3.63, 3.8) is 0 Å². The van der Waals surface area contributed by atoms with Gasteiger partial charge in [-0.1, -0.05) is 12.8 Å². The molecular weight excluding hydrogens is 156 g/mol. The van der Waals surface area contributed by atoms with Crippen LogP contribution in [-0.4, -0.2) is 23.8 Å². The number of hydrogen-bond acceptors (Lipinski definition) is 2. The highest BCUT2D eigenvalue weighted by Gasteiger charge is 2.45. The fourth-order valence-corrected chi connectivity index (χ4v) is 2.18. The maximum Gasteiger partial charge on any atom is 0.309 e. The van der Waals surface area contributed by atoms with Crippen molar-refractivity contribution in [1.82, 2.24) is 0 Å². The molecule has 2 fully saturated rings. The Morgan fingerprint density at radius 3 is 2.50 bits per heavy atom. The highest BCUT2D eigenvalue weighted by molar-refractivity contribution is 5.75. The first kappa shape index (κ1) is 8.05. The van der Waals surface area contributed by atoms with E-state index < -0.39 is 11.4 Å². The molecule has 3 nitrogen and oxygen atoms in total. The van der Waals surface area contributed by atoms with Gasteiger partial charge < -0.3 is 9.84 Å². The molecule has 1 heterocycles. The smallest absolute Gasteiger partial charge is 0.309 e. The number of hydrogen-bond donors (Lipinski definition) is 1. The van der Waals surface area contributed by atoms with E-state index in [1.807, 2.05) is 0 Å². The van der Waals surface area contributed by atoms with Crippen molar-refractivity contribution in [2.45, 2.75) is 38.2 Å². The average molecular weight is 170 g/mol. The molecule has 68 valence electrons. The van der Waals surface area contributed by atoms with Crippen molar-refractivity contribution in [3.8, 4) is 0 Å². The van der Waals surface area contributed by atoms with E-state index >= 15 is 0 Å². The third-order valence-electron chi connectivity index (χ3n) is 3.04. The van der Waals surface area contributed by atoms with Gasteiger partial charge in [-0.05, 0) is 19.3 Å². The molecule has 12 heavy (non-hydrogen) atoms. The summed E-state index contributed by atoms with van der Waals surface area (Å²) in [6.45, 7) is 0.773. The number of epoxide rings is 1. The molecule has 0 bridgehead atoms. The first-order valence-electron chi connectivity index (χ1n) is 4.58. The van der Waals surface area contributed by atoms with Crippen LogP contribution >= 0.6 is 0 Å². The fourth-order valence-electron chi connectivity index (χ4n) is 2.18. The third kappa shape index (κ3) is 1.33. The maximum atomic E-state index is 11.0. The lowest BCUT2D eigenvalue weighted by Gasteiger charge is -2.22. The van der Waals surface area contributed by atoms with E-state index in [9.17, 15) is 4.79 Å². The molecule has 1 aliphatic heterocycles. The van der Waals surface area contributed by atoms with Crippen LogP contribution in [0.5, 0.6) is 0 Å².